The SMILES string of the molecule is CN(C)c1ccc(Cl)cc1NC(=O)CCCNC(=O)c1ccc(F)cc1F. The lowest BCUT2D eigenvalue weighted by molar-refractivity contribution is -0.116. The van der Waals surface area contributed by atoms with Gasteiger partial charge in [0, 0.05) is 38.1 Å². The first-order chi connectivity index (χ1) is 12.8. The zero-order valence-electron chi connectivity index (χ0n) is 15.0. The molecule has 0 bridgehead atoms. The van der Waals surface area contributed by atoms with Gasteiger partial charge in [-0.05, 0) is 36.8 Å². The van der Waals surface area contributed by atoms with Crippen molar-refractivity contribution in [1.29, 1.82) is 0 Å². The van der Waals surface area contributed by atoms with Crippen LogP contribution >= 0.6 is 11.6 Å². The monoisotopic (exact) mass is 395 g/mol. The molecule has 0 aliphatic rings. The van der Waals surface area contributed by atoms with E-state index in [0.29, 0.717) is 23.2 Å². The summed E-state index contributed by atoms with van der Waals surface area (Å²) in [5.74, 6) is -2.57. The Balaban J connectivity index is 1.83. The molecule has 5 nitrogen and oxygen atoms in total. The average molecular weight is 396 g/mol. The molecule has 2 aromatic carbocycles. The molecule has 2 rings (SSSR count). The molecule has 0 spiro atoms. The highest BCUT2D eigenvalue weighted by Crippen LogP contribution is 2.27. The number of halogens is 3. The maximum atomic E-state index is 13.5. The van der Waals surface area contributed by atoms with Crippen molar-refractivity contribution in [2.45, 2.75) is 12.8 Å². The summed E-state index contributed by atoms with van der Waals surface area (Å²) in [5, 5.41) is 5.80. The van der Waals surface area contributed by atoms with E-state index < -0.39 is 17.5 Å². The Morgan fingerprint density at radius 2 is 1.85 bits per heavy atom. The van der Waals surface area contributed by atoms with E-state index in [1.54, 1.807) is 18.2 Å². The van der Waals surface area contributed by atoms with Crippen LogP contribution in [0, 0.1) is 11.6 Å². The van der Waals surface area contributed by atoms with E-state index in [1.165, 1.54) is 0 Å². The number of carbonyl (C=O) groups is 2. The van der Waals surface area contributed by atoms with E-state index >= 15 is 0 Å². The Bertz CT molecular complexity index is 844. The second kappa shape index (κ2) is 9.32. The maximum Gasteiger partial charge on any atom is 0.254 e. The van der Waals surface area contributed by atoms with Gasteiger partial charge in [-0.25, -0.2) is 8.78 Å². The zero-order chi connectivity index (χ0) is 20.0. The lowest BCUT2D eigenvalue weighted by atomic mass is 10.2. The van der Waals surface area contributed by atoms with Gasteiger partial charge in [0.2, 0.25) is 5.91 Å². The second-order valence-electron chi connectivity index (χ2n) is 6.09. The molecule has 0 saturated heterocycles. The van der Waals surface area contributed by atoms with Crippen LogP contribution in [0.4, 0.5) is 20.2 Å². The van der Waals surface area contributed by atoms with Crippen LogP contribution in [0.1, 0.15) is 23.2 Å². The van der Waals surface area contributed by atoms with Crippen molar-refractivity contribution < 1.29 is 18.4 Å². The van der Waals surface area contributed by atoms with Crippen molar-refractivity contribution >= 4 is 34.8 Å². The molecule has 2 N–H and O–H groups in total. The van der Waals surface area contributed by atoms with E-state index in [1.807, 2.05) is 19.0 Å². The highest BCUT2D eigenvalue weighted by Gasteiger charge is 2.13. The Hall–Kier alpha value is -2.67. The van der Waals surface area contributed by atoms with Crippen LogP contribution in [0.3, 0.4) is 0 Å². The molecule has 0 aliphatic heterocycles. The summed E-state index contributed by atoms with van der Waals surface area (Å²) in [5.41, 5.74) is 1.16. The predicted octanol–water partition coefficient (Wildman–Crippen LogP) is 3.83. The predicted molar refractivity (Wildman–Crippen MR) is 102 cm³/mol. The number of benzene rings is 2. The van der Waals surface area contributed by atoms with Crippen LogP contribution in [0.15, 0.2) is 36.4 Å². The molecule has 0 aromatic heterocycles. The van der Waals surface area contributed by atoms with Gasteiger partial charge in [0.15, 0.2) is 0 Å². The first-order valence-corrected chi connectivity index (χ1v) is 8.65. The molecule has 0 fully saturated rings. The molecular formula is C19H20ClF2N3O2. The average Bonchev–Trinajstić information content (AvgIpc) is 2.58. The van der Waals surface area contributed by atoms with Crippen LogP contribution < -0.4 is 15.5 Å². The number of anilines is 2. The third-order valence-electron chi connectivity index (χ3n) is 3.76. The highest BCUT2D eigenvalue weighted by molar-refractivity contribution is 6.31. The van der Waals surface area contributed by atoms with E-state index in [2.05, 4.69) is 10.6 Å². The molecule has 27 heavy (non-hydrogen) atoms. The summed E-state index contributed by atoms with van der Waals surface area (Å²) in [4.78, 5) is 25.8. The number of carbonyl (C=O) groups excluding carboxylic acids is 2. The third-order valence-corrected chi connectivity index (χ3v) is 3.99. The second-order valence-corrected chi connectivity index (χ2v) is 6.52. The van der Waals surface area contributed by atoms with Crippen molar-refractivity contribution in [2.75, 3.05) is 30.9 Å². The van der Waals surface area contributed by atoms with Crippen molar-refractivity contribution in [3.63, 3.8) is 0 Å². The van der Waals surface area contributed by atoms with E-state index in [4.69, 9.17) is 11.6 Å². The molecule has 8 heteroatoms. The Morgan fingerprint density at radius 1 is 1.11 bits per heavy atom. The van der Waals surface area contributed by atoms with Gasteiger partial charge in [0.05, 0.1) is 16.9 Å². The lowest BCUT2D eigenvalue weighted by Gasteiger charge is -2.18. The Labute approximate surface area is 161 Å². The molecule has 0 saturated carbocycles. The molecule has 144 valence electrons. The molecule has 0 unspecified atom stereocenters. The lowest BCUT2D eigenvalue weighted by Crippen LogP contribution is -2.26. The van der Waals surface area contributed by atoms with Gasteiger partial charge in [0.1, 0.15) is 11.6 Å². The fourth-order valence-electron chi connectivity index (χ4n) is 2.43. The van der Waals surface area contributed by atoms with Crippen LogP contribution in [0.5, 0.6) is 0 Å². The number of nitrogens with one attached hydrogen (secondary N) is 2. The van der Waals surface area contributed by atoms with Gasteiger partial charge in [-0.1, -0.05) is 11.6 Å². The number of hydrogen-bond acceptors (Lipinski definition) is 3. The summed E-state index contributed by atoms with van der Waals surface area (Å²) in [6, 6.07) is 7.93. The zero-order valence-corrected chi connectivity index (χ0v) is 15.7. The maximum absolute atomic E-state index is 13.5. The van der Waals surface area contributed by atoms with Gasteiger partial charge < -0.3 is 15.5 Å². The van der Waals surface area contributed by atoms with Gasteiger partial charge in [0.25, 0.3) is 5.91 Å². The summed E-state index contributed by atoms with van der Waals surface area (Å²) in [7, 11) is 3.70. The van der Waals surface area contributed by atoms with Crippen LogP contribution in [0.25, 0.3) is 0 Å². The Morgan fingerprint density at radius 3 is 2.52 bits per heavy atom. The molecule has 0 heterocycles. The Kier molecular flexibility index (Phi) is 7.12. The number of amides is 2. The first-order valence-electron chi connectivity index (χ1n) is 8.28. The number of rotatable bonds is 7. The minimum absolute atomic E-state index is 0.158. The summed E-state index contributed by atoms with van der Waals surface area (Å²) in [6.07, 6.45) is 0.518. The van der Waals surface area contributed by atoms with Crippen molar-refractivity contribution in [3.8, 4) is 0 Å². The van der Waals surface area contributed by atoms with Gasteiger partial charge in [-0.15, -0.1) is 0 Å². The fraction of sp³-hybridized carbons (Fsp3) is 0.263. The highest BCUT2D eigenvalue weighted by atomic mass is 35.5. The summed E-state index contributed by atoms with van der Waals surface area (Å²) in [6.45, 7) is 0.180. The van der Waals surface area contributed by atoms with Crippen molar-refractivity contribution in [2.24, 2.45) is 0 Å². The van der Waals surface area contributed by atoms with E-state index in [-0.39, 0.29) is 24.4 Å². The smallest absolute Gasteiger partial charge is 0.254 e. The fourth-order valence-corrected chi connectivity index (χ4v) is 2.60. The number of nitrogens with zero attached hydrogens (tertiary/aromatic N) is 1. The molecule has 0 radical (unpaired) electrons. The molecular weight excluding hydrogens is 376 g/mol. The van der Waals surface area contributed by atoms with Crippen LogP contribution in [-0.2, 0) is 4.79 Å². The van der Waals surface area contributed by atoms with Crippen molar-refractivity contribution in [1.82, 2.24) is 5.32 Å². The number of hydrogen-bond donors (Lipinski definition) is 2. The van der Waals surface area contributed by atoms with E-state index in [9.17, 15) is 18.4 Å². The van der Waals surface area contributed by atoms with Gasteiger partial charge >= 0.3 is 0 Å². The largest absolute Gasteiger partial charge is 0.376 e. The quantitative estimate of drug-likeness (QED) is 0.700. The van der Waals surface area contributed by atoms with Crippen LogP contribution in [0.2, 0.25) is 5.02 Å². The van der Waals surface area contributed by atoms with Crippen LogP contribution in [-0.4, -0.2) is 32.5 Å². The van der Waals surface area contributed by atoms with E-state index in [0.717, 1.165) is 17.8 Å². The van der Waals surface area contributed by atoms with Crippen molar-refractivity contribution in [3.05, 3.63) is 58.6 Å². The summed E-state index contributed by atoms with van der Waals surface area (Å²) >= 11 is 5.98. The topological polar surface area (TPSA) is 61.4 Å². The minimum atomic E-state index is -0.928. The van der Waals surface area contributed by atoms with Gasteiger partial charge in [-0.2, -0.15) is 0 Å². The molecule has 0 aliphatic carbocycles. The minimum Gasteiger partial charge on any atom is -0.376 e. The third kappa shape index (κ3) is 5.92. The first kappa shape index (κ1) is 20.6. The molecule has 2 aromatic rings. The van der Waals surface area contributed by atoms with Gasteiger partial charge in [-0.3, -0.25) is 9.59 Å². The summed E-state index contributed by atoms with van der Waals surface area (Å²) < 4.78 is 26.4. The normalized spacial score (nSPS) is 10.4. The molecule has 0 atom stereocenters. The standard InChI is InChI=1S/C19H20ClF2N3O2/c1-25(2)17-8-5-12(20)10-16(17)24-18(26)4-3-9-23-19(27)14-7-6-13(21)11-15(14)22/h5-8,10-11H,3-4,9H2,1-2H3,(H,23,27)(H,24,26). The molecule has 2 amide bonds.